The van der Waals surface area contributed by atoms with E-state index in [0.717, 1.165) is 23.7 Å². The number of aryl methyl sites for hydroxylation is 1. The van der Waals surface area contributed by atoms with E-state index in [1.165, 1.54) is 23.0 Å². The first-order chi connectivity index (χ1) is 8.66. The number of halogens is 1. The fraction of sp³-hybridized carbons (Fsp3) is 0.400. The molecule has 0 saturated heterocycles. The summed E-state index contributed by atoms with van der Waals surface area (Å²) >= 11 is 3.50. The van der Waals surface area contributed by atoms with Crippen LogP contribution in [0.15, 0.2) is 28.7 Å². The van der Waals surface area contributed by atoms with Crippen LogP contribution in [0.5, 0.6) is 0 Å². The van der Waals surface area contributed by atoms with E-state index in [0.29, 0.717) is 5.78 Å². The Morgan fingerprint density at radius 1 is 1.28 bits per heavy atom. The molecule has 94 valence electrons. The van der Waals surface area contributed by atoms with E-state index in [2.05, 4.69) is 51.8 Å². The Morgan fingerprint density at radius 2 is 2.11 bits per heavy atom. The lowest BCUT2D eigenvalue weighted by Gasteiger charge is -2.21. The molecule has 18 heavy (non-hydrogen) atoms. The van der Waals surface area contributed by atoms with Gasteiger partial charge in [0.15, 0.2) is 0 Å². The molecule has 1 aromatic heterocycles. The van der Waals surface area contributed by atoms with Gasteiger partial charge in [-0.3, -0.25) is 4.79 Å². The van der Waals surface area contributed by atoms with Crippen LogP contribution in [0.1, 0.15) is 37.3 Å². The molecule has 1 saturated carbocycles. The Kier molecular flexibility index (Phi) is 3.02. The van der Waals surface area contributed by atoms with Crippen LogP contribution >= 0.6 is 15.9 Å². The molecule has 0 amide bonds. The second-order valence-electron chi connectivity index (χ2n) is 5.10. The van der Waals surface area contributed by atoms with E-state index < -0.39 is 0 Å². The van der Waals surface area contributed by atoms with Crippen molar-refractivity contribution in [2.75, 3.05) is 0 Å². The van der Waals surface area contributed by atoms with Gasteiger partial charge in [0.1, 0.15) is 5.78 Å². The number of ketones is 1. The number of fused-ring (bicyclic) bond motifs is 1. The number of carbonyl (C=O) groups is 1. The fourth-order valence-corrected chi connectivity index (χ4v) is 3.35. The molecule has 3 heteroatoms. The smallest absolute Gasteiger partial charge is 0.141 e. The molecule has 2 nitrogen and oxygen atoms in total. The van der Waals surface area contributed by atoms with Crippen molar-refractivity contribution in [1.82, 2.24) is 4.57 Å². The molecule has 1 atom stereocenters. The van der Waals surface area contributed by atoms with E-state index in [9.17, 15) is 4.79 Å². The van der Waals surface area contributed by atoms with Crippen molar-refractivity contribution in [3.63, 3.8) is 0 Å². The van der Waals surface area contributed by atoms with Gasteiger partial charge in [-0.2, -0.15) is 0 Å². The van der Waals surface area contributed by atoms with Gasteiger partial charge in [0.25, 0.3) is 0 Å². The predicted octanol–water partition coefficient (Wildman–Crippen LogP) is 4.17. The number of carbonyl (C=O) groups excluding carboxylic acids is 1. The molecule has 1 aliphatic carbocycles. The minimum absolute atomic E-state index is 0.106. The predicted molar refractivity (Wildman–Crippen MR) is 76.8 cm³/mol. The third kappa shape index (κ3) is 1.91. The average Bonchev–Trinajstić information content (AvgIpc) is 2.67. The molecule has 3 rings (SSSR count). The van der Waals surface area contributed by atoms with Crippen molar-refractivity contribution in [1.29, 1.82) is 0 Å². The highest BCUT2D eigenvalue weighted by Crippen LogP contribution is 2.33. The van der Waals surface area contributed by atoms with Gasteiger partial charge < -0.3 is 4.57 Å². The fourth-order valence-electron chi connectivity index (χ4n) is 2.97. The van der Waals surface area contributed by atoms with Crippen LogP contribution in [0.25, 0.3) is 10.9 Å². The molecule has 0 N–H and O–H groups in total. The van der Waals surface area contributed by atoms with Crippen LogP contribution in [-0.4, -0.2) is 10.4 Å². The van der Waals surface area contributed by atoms with Crippen LogP contribution < -0.4 is 0 Å². The molecule has 1 aromatic carbocycles. The summed E-state index contributed by atoms with van der Waals surface area (Å²) in [5, 5.41) is 1.21. The third-order valence-corrected chi connectivity index (χ3v) is 4.45. The first-order valence-electron chi connectivity index (χ1n) is 6.44. The number of aromatic nitrogens is 1. The van der Waals surface area contributed by atoms with Gasteiger partial charge in [-0.05, 0) is 37.1 Å². The van der Waals surface area contributed by atoms with Gasteiger partial charge >= 0.3 is 0 Å². The van der Waals surface area contributed by atoms with Crippen LogP contribution in [0, 0.1) is 0 Å². The van der Waals surface area contributed by atoms with E-state index in [-0.39, 0.29) is 5.92 Å². The number of hydrogen-bond donors (Lipinski definition) is 0. The third-order valence-electron chi connectivity index (χ3n) is 3.95. The molecule has 1 aliphatic rings. The Morgan fingerprint density at radius 3 is 2.89 bits per heavy atom. The van der Waals surface area contributed by atoms with Gasteiger partial charge in [-0.1, -0.05) is 22.4 Å². The Balaban J connectivity index is 2.11. The van der Waals surface area contributed by atoms with Gasteiger partial charge in [0, 0.05) is 34.5 Å². The maximum Gasteiger partial charge on any atom is 0.141 e. The summed E-state index contributed by atoms with van der Waals surface area (Å²) in [4.78, 5) is 12.1. The quantitative estimate of drug-likeness (QED) is 0.775. The van der Waals surface area contributed by atoms with Gasteiger partial charge in [0.2, 0.25) is 0 Å². The van der Waals surface area contributed by atoms with E-state index in [1.807, 2.05) is 0 Å². The molecule has 0 aliphatic heterocycles. The lowest BCUT2D eigenvalue weighted by Crippen LogP contribution is -2.19. The summed E-state index contributed by atoms with van der Waals surface area (Å²) in [6.07, 6.45) is 3.98. The SMILES string of the molecule is Cn1c(C2CCCCC2=O)cc2cc(Br)ccc21. The van der Waals surface area contributed by atoms with Crippen molar-refractivity contribution >= 4 is 32.6 Å². The molecule has 0 spiro atoms. The van der Waals surface area contributed by atoms with Gasteiger partial charge in [-0.15, -0.1) is 0 Å². The van der Waals surface area contributed by atoms with Crippen molar-refractivity contribution in [3.8, 4) is 0 Å². The zero-order valence-corrected chi connectivity index (χ0v) is 12.0. The van der Waals surface area contributed by atoms with Crippen LogP contribution in [-0.2, 0) is 11.8 Å². The standard InChI is InChI=1S/C15H16BrNO/c1-17-13-7-6-11(16)8-10(13)9-14(17)12-4-2-3-5-15(12)18/h6-9,12H,2-5H2,1H3. The van der Waals surface area contributed by atoms with Crippen LogP contribution in [0.4, 0.5) is 0 Å². The Hall–Kier alpha value is -1.09. The largest absolute Gasteiger partial charge is 0.347 e. The minimum atomic E-state index is 0.106. The Labute approximate surface area is 115 Å². The zero-order valence-electron chi connectivity index (χ0n) is 10.4. The summed E-state index contributed by atoms with van der Waals surface area (Å²) in [6.45, 7) is 0. The molecule has 0 radical (unpaired) electrons. The maximum absolute atomic E-state index is 12.1. The second kappa shape index (κ2) is 4.54. The van der Waals surface area contributed by atoms with Crippen molar-refractivity contribution in [2.45, 2.75) is 31.6 Å². The van der Waals surface area contributed by atoms with Crippen LogP contribution in [0.2, 0.25) is 0 Å². The van der Waals surface area contributed by atoms with E-state index in [4.69, 9.17) is 0 Å². The highest BCUT2D eigenvalue weighted by atomic mass is 79.9. The summed E-state index contributed by atoms with van der Waals surface area (Å²) < 4.78 is 3.26. The topological polar surface area (TPSA) is 22.0 Å². The monoisotopic (exact) mass is 305 g/mol. The normalized spacial score (nSPS) is 20.6. The summed E-state index contributed by atoms with van der Waals surface area (Å²) in [7, 11) is 2.06. The van der Waals surface area contributed by atoms with Crippen LogP contribution in [0.3, 0.4) is 0 Å². The molecule has 2 aromatic rings. The average molecular weight is 306 g/mol. The first kappa shape index (κ1) is 12.0. The highest BCUT2D eigenvalue weighted by Gasteiger charge is 2.26. The maximum atomic E-state index is 12.1. The number of Topliss-reactive ketones (excluding diaryl/α,β-unsaturated/α-hetero) is 1. The lowest BCUT2D eigenvalue weighted by atomic mass is 9.85. The zero-order chi connectivity index (χ0) is 12.7. The van der Waals surface area contributed by atoms with E-state index >= 15 is 0 Å². The second-order valence-corrected chi connectivity index (χ2v) is 6.01. The lowest BCUT2D eigenvalue weighted by molar-refractivity contribution is -0.122. The Bertz CT molecular complexity index is 614. The molecular weight excluding hydrogens is 290 g/mol. The van der Waals surface area contributed by atoms with Gasteiger partial charge in [0.05, 0.1) is 5.92 Å². The number of benzene rings is 1. The van der Waals surface area contributed by atoms with Crippen molar-refractivity contribution < 1.29 is 4.79 Å². The molecular formula is C15H16BrNO. The molecule has 1 heterocycles. The number of hydrogen-bond acceptors (Lipinski definition) is 1. The minimum Gasteiger partial charge on any atom is -0.347 e. The van der Waals surface area contributed by atoms with Crippen molar-refractivity contribution in [3.05, 3.63) is 34.4 Å². The number of nitrogens with zero attached hydrogens (tertiary/aromatic N) is 1. The summed E-state index contributed by atoms with van der Waals surface area (Å²) in [5.41, 5.74) is 2.37. The first-order valence-corrected chi connectivity index (χ1v) is 7.24. The molecule has 1 fully saturated rings. The highest BCUT2D eigenvalue weighted by molar-refractivity contribution is 9.10. The van der Waals surface area contributed by atoms with E-state index in [1.54, 1.807) is 0 Å². The van der Waals surface area contributed by atoms with Gasteiger partial charge in [-0.25, -0.2) is 0 Å². The number of rotatable bonds is 1. The molecule has 0 bridgehead atoms. The molecule has 1 unspecified atom stereocenters. The summed E-state index contributed by atoms with van der Waals surface area (Å²) in [5.74, 6) is 0.515. The summed E-state index contributed by atoms with van der Waals surface area (Å²) in [6, 6.07) is 8.45. The van der Waals surface area contributed by atoms with Crippen molar-refractivity contribution in [2.24, 2.45) is 7.05 Å².